The lowest BCUT2D eigenvalue weighted by Gasteiger charge is -2.25. The number of carbonyl (C=O) groups excluding carboxylic acids is 2. The highest BCUT2D eigenvalue weighted by molar-refractivity contribution is 5.85. The van der Waals surface area contributed by atoms with Gasteiger partial charge in [-0.15, -0.1) is 0 Å². The molecule has 1 fully saturated rings. The van der Waals surface area contributed by atoms with Crippen molar-refractivity contribution in [1.29, 1.82) is 0 Å². The predicted octanol–water partition coefficient (Wildman–Crippen LogP) is 1.34. The normalized spacial score (nSPS) is 18.1. The predicted molar refractivity (Wildman–Crippen MR) is 86.5 cm³/mol. The first-order valence-electron chi connectivity index (χ1n) is 7.85. The Kier molecular flexibility index (Phi) is 5.78. The maximum Gasteiger partial charge on any atom is 0.326 e. The van der Waals surface area contributed by atoms with E-state index in [1.54, 1.807) is 31.4 Å². The Morgan fingerprint density at radius 1 is 1.33 bits per heavy atom. The summed E-state index contributed by atoms with van der Waals surface area (Å²) in [6.45, 7) is 1.82. The Morgan fingerprint density at radius 2 is 2.00 bits per heavy atom. The fraction of sp³-hybridized carbons (Fsp3) is 0.471. The van der Waals surface area contributed by atoms with Gasteiger partial charge in [0, 0.05) is 13.5 Å². The van der Waals surface area contributed by atoms with E-state index in [0.717, 1.165) is 5.56 Å². The zero-order chi connectivity index (χ0) is 17.7. The Morgan fingerprint density at radius 3 is 2.54 bits per heavy atom. The largest absolute Gasteiger partial charge is 0.497 e. The van der Waals surface area contributed by atoms with Gasteiger partial charge in [0.25, 0.3) is 0 Å². The molecule has 2 amide bonds. The van der Waals surface area contributed by atoms with Crippen molar-refractivity contribution in [2.75, 3.05) is 13.7 Å². The number of likely N-dealkylation sites (tertiary alicyclic amines) is 1. The topological polar surface area (TPSA) is 95.9 Å². The van der Waals surface area contributed by atoms with Crippen LogP contribution in [-0.4, -0.2) is 47.5 Å². The van der Waals surface area contributed by atoms with Gasteiger partial charge in [0.15, 0.2) is 0 Å². The van der Waals surface area contributed by atoms with Gasteiger partial charge in [-0.25, -0.2) is 4.79 Å². The van der Waals surface area contributed by atoms with Crippen LogP contribution >= 0.6 is 0 Å². The summed E-state index contributed by atoms with van der Waals surface area (Å²) >= 11 is 0. The number of ether oxygens (including phenoxy) is 1. The third-order valence-corrected chi connectivity index (χ3v) is 4.13. The third-order valence-electron chi connectivity index (χ3n) is 4.13. The SMILES string of the molecule is COc1ccc([C@H](CC(=O)N2CCC[C@H]2C(=O)O)NC(C)=O)cc1. The lowest BCUT2D eigenvalue weighted by molar-refractivity contribution is -0.148. The molecule has 7 heteroatoms. The summed E-state index contributed by atoms with van der Waals surface area (Å²) in [5.74, 6) is -0.826. The van der Waals surface area contributed by atoms with Crippen molar-refractivity contribution in [3.63, 3.8) is 0 Å². The van der Waals surface area contributed by atoms with E-state index in [9.17, 15) is 19.5 Å². The summed E-state index contributed by atoms with van der Waals surface area (Å²) < 4.78 is 5.11. The molecule has 1 aromatic rings. The average molecular weight is 334 g/mol. The van der Waals surface area contributed by atoms with Gasteiger partial charge in [0.1, 0.15) is 11.8 Å². The van der Waals surface area contributed by atoms with Crippen LogP contribution in [0.15, 0.2) is 24.3 Å². The van der Waals surface area contributed by atoms with Gasteiger partial charge >= 0.3 is 5.97 Å². The molecule has 7 nitrogen and oxygen atoms in total. The first-order valence-corrected chi connectivity index (χ1v) is 7.85. The molecular formula is C17H22N2O5. The van der Waals surface area contributed by atoms with Gasteiger partial charge in [0.2, 0.25) is 11.8 Å². The van der Waals surface area contributed by atoms with E-state index in [2.05, 4.69) is 5.32 Å². The third kappa shape index (κ3) is 4.24. The lowest BCUT2D eigenvalue weighted by Crippen LogP contribution is -2.42. The fourth-order valence-corrected chi connectivity index (χ4v) is 2.95. The van der Waals surface area contributed by atoms with Gasteiger partial charge in [-0.2, -0.15) is 0 Å². The standard InChI is InChI=1S/C17H22N2O5/c1-11(20)18-14(12-5-7-13(24-2)8-6-12)10-16(21)19-9-3-4-15(19)17(22)23/h5-8,14-15H,3-4,9-10H2,1-2H3,(H,18,20)(H,22,23)/t14-,15-/m0/s1. The smallest absolute Gasteiger partial charge is 0.326 e. The molecule has 0 aromatic heterocycles. The van der Waals surface area contributed by atoms with Crippen LogP contribution in [0.2, 0.25) is 0 Å². The second-order valence-electron chi connectivity index (χ2n) is 5.81. The summed E-state index contributed by atoms with van der Waals surface area (Å²) in [5, 5.41) is 12.0. The monoisotopic (exact) mass is 334 g/mol. The molecule has 2 rings (SSSR count). The van der Waals surface area contributed by atoms with Gasteiger partial charge in [-0.1, -0.05) is 12.1 Å². The van der Waals surface area contributed by atoms with E-state index in [-0.39, 0.29) is 18.2 Å². The number of benzene rings is 1. The lowest BCUT2D eigenvalue weighted by atomic mass is 10.0. The minimum atomic E-state index is -0.985. The Bertz CT molecular complexity index is 614. The van der Waals surface area contributed by atoms with Crippen molar-refractivity contribution >= 4 is 17.8 Å². The summed E-state index contributed by atoms with van der Waals surface area (Å²) in [6, 6.07) is 5.80. The highest BCUT2D eigenvalue weighted by Crippen LogP contribution is 2.24. The van der Waals surface area contributed by atoms with Crippen LogP contribution in [0, 0.1) is 0 Å². The van der Waals surface area contributed by atoms with E-state index in [1.807, 2.05) is 0 Å². The van der Waals surface area contributed by atoms with E-state index >= 15 is 0 Å². The highest BCUT2D eigenvalue weighted by atomic mass is 16.5. The minimum Gasteiger partial charge on any atom is -0.497 e. The second-order valence-corrected chi connectivity index (χ2v) is 5.81. The molecule has 1 saturated heterocycles. The number of carbonyl (C=O) groups is 3. The number of aliphatic carboxylic acids is 1. The quantitative estimate of drug-likeness (QED) is 0.818. The number of rotatable bonds is 6. The van der Waals surface area contributed by atoms with Crippen LogP contribution in [-0.2, 0) is 14.4 Å². The molecule has 2 atom stereocenters. The highest BCUT2D eigenvalue weighted by Gasteiger charge is 2.34. The van der Waals surface area contributed by atoms with E-state index in [4.69, 9.17) is 4.74 Å². The van der Waals surface area contributed by atoms with E-state index in [0.29, 0.717) is 25.1 Å². The summed E-state index contributed by atoms with van der Waals surface area (Å²) in [7, 11) is 1.56. The Hall–Kier alpha value is -2.57. The van der Waals surface area contributed by atoms with Crippen LogP contribution < -0.4 is 10.1 Å². The molecule has 0 radical (unpaired) electrons. The molecule has 0 spiro atoms. The van der Waals surface area contributed by atoms with Crippen LogP contribution in [0.3, 0.4) is 0 Å². The van der Waals surface area contributed by atoms with Crippen molar-refractivity contribution in [3.8, 4) is 5.75 Å². The number of carboxylic acids is 1. The number of methoxy groups -OCH3 is 1. The molecular weight excluding hydrogens is 312 g/mol. The van der Waals surface area contributed by atoms with Crippen molar-refractivity contribution in [3.05, 3.63) is 29.8 Å². The molecule has 0 unspecified atom stereocenters. The first kappa shape index (κ1) is 17.8. The molecule has 2 N–H and O–H groups in total. The molecule has 0 bridgehead atoms. The number of hydrogen-bond acceptors (Lipinski definition) is 4. The number of amides is 2. The minimum absolute atomic E-state index is 0.0235. The summed E-state index contributed by atoms with van der Waals surface area (Å²) in [5.41, 5.74) is 0.769. The first-order chi connectivity index (χ1) is 11.4. The van der Waals surface area contributed by atoms with Crippen LogP contribution in [0.5, 0.6) is 5.75 Å². The fourth-order valence-electron chi connectivity index (χ4n) is 2.95. The van der Waals surface area contributed by atoms with Crippen LogP contribution in [0.4, 0.5) is 0 Å². The number of nitrogens with zero attached hydrogens (tertiary/aromatic N) is 1. The molecule has 0 saturated carbocycles. The number of hydrogen-bond donors (Lipinski definition) is 2. The second kappa shape index (κ2) is 7.81. The zero-order valence-corrected chi connectivity index (χ0v) is 13.8. The van der Waals surface area contributed by atoms with Gasteiger partial charge in [0.05, 0.1) is 19.6 Å². The molecule has 130 valence electrons. The Balaban J connectivity index is 2.14. The van der Waals surface area contributed by atoms with Crippen LogP contribution in [0.25, 0.3) is 0 Å². The Labute approximate surface area is 140 Å². The summed E-state index contributed by atoms with van der Waals surface area (Å²) in [6.07, 6.45) is 1.17. The molecule has 1 aliphatic rings. The van der Waals surface area contributed by atoms with E-state index in [1.165, 1.54) is 11.8 Å². The van der Waals surface area contributed by atoms with Gasteiger partial charge in [-0.3, -0.25) is 9.59 Å². The summed E-state index contributed by atoms with van der Waals surface area (Å²) in [4.78, 5) is 36.6. The van der Waals surface area contributed by atoms with Crippen molar-refractivity contribution < 1.29 is 24.2 Å². The number of nitrogens with one attached hydrogen (secondary N) is 1. The number of carboxylic acid groups (broad SMARTS) is 1. The average Bonchev–Trinajstić information content (AvgIpc) is 3.04. The van der Waals surface area contributed by atoms with Crippen molar-refractivity contribution in [1.82, 2.24) is 10.2 Å². The molecule has 1 heterocycles. The molecule has 0 aliphatic carbocycles. The van der Waals surface area contributed by atoms with Gasteiger partial charge < -0.3 is 20.1 Å². The van der Waals surface area contributed by atoms with E-state index < -0.39 is 18.1 Å². The maximum atomic E-state index is 12.5. The van der Waals surface area contributed by atoms with Crippen molar-refractivity contribution in [2.45, 2.75) is 38.3 Å². The molecule has 1 aromatic carbocycles. The molecule has 24 heavy (non-hydrogen) atoms. The van der Waals surface area contributed by atoms with Crippen LogP contribution in [0.1, 0.15) is 37.8 Å². The maximum absolute atomic E-state index is 12.5. The molecule has 1 aliphatic heterocycles. The van der Waals surface area contributed by atoms with Crippen molar-refractivity contribution in [2.24, 2.45) is 0 Å². The van der Waals surface area contributed by atoms with Gasteiger partial charge in [-0.05, 0) is 30.5 Å². The zero-order valence-electron chi connectivity index (χ0n) is 13.8.